The van der Waals surface area contributed by atoms with Gasteiger partial charge in [-0.15, -0.1) is 0 Å². The Morgan fingerprint density at radius 1 is 1.05 bits per heavy atom. The van der Waals surface area contributed by atoms with Crippen LogP contribution in [0.3, 0.4) is 0 Å². The Morgan fingerprint density at radius 3 is 2.25 bits per heavy atom. The van der Waals surface area contributed by atoms with E-state index in [0.29, 0.717) is 5.75 Å². The van der Waals surface area contributed by atoms with E-state index in [4.69, 9.17) is 9.84 Å². The molecular weight excluding hydrogens is 284 g/mol. The molecule has 5 heteroatoms. The molecule has 4 nitrogen and oxygen atoms in total. The van der Waals surface area contributed by atoms with Crippen LogP contribution in [0.4, 0.5) is 0 Å². The monoisotopic (exact) mass is 300 g/mol. The predicted molar refractivity (Wildman–Crippen MR) is 78.4 cm³/mol. The molecule has 1 atom stereocenters. The smallest absolute Gasteiger partial charge is 0.310 e. The van der Waals surface area contributed by atoms with E-state index < -0.39 is 11.9 Å². The summed E-state index contributed by atoms with van der Waals surface area (Å²) in [5.41, 5.74) is 0.732. The molecule has 20 heavy (non-hydrogen) atoms. The number of benzene rings is 2. The van der Waals surface area contributed by atoms with E-state index in [1.54, 1.807) is 25.1 Å². The van der Waals surface area contributed by atoms with Crippen molar-refractivity contribution in [3.8, 4) is 11.5 Å². The molecular formula is C15H16CaO4. The van der Waals surface area contributed by atoms with Gasteiger partial charge in [0.25, 0.3) is 0 Å². The van der Waals surface area contributed by atoms with Gasteiger partial charge in [-0.3, -0.25) is 4.79 Å². The Balaban J connectivity index is 0.00000180. The van der Waals surface area contributed by atoms with Crippen molar-refractivity contribution in [2.75, 3.05) is 0 Å². The first-order chi connectivity index (χ1) is 8.66. The summed E-state index contributed by atoms with van der Waals surface area (Å²) in [5, 5.41) is 8.98. The van der Waals surface area contributed by atoms with Crippen LogP contribution in [0.1, 0.15) is 18.4 Å². The van der Waals surface area contributed by atoms with Crippen LogP contribution in [0.15, 0.2) is 54.6 Å². The van der Waals surface area contributed by atoms with Gasteiger partial charge in [-0.25, -0.2) is 0 Å². The average Bonchev–Trinajstić information content (AvgIpc) is 2.39. The van der Waals surface area contributed by atoms with E-state index in [0.717, 1.165) is 11.3 Å². The summed E-state index contributed by atoms with van der Waals surface area (Å²) in [7, 11) is 0. The third kappa shape index (κ3) is 5.13. The van der Waals surface area contributed by atoms with Crippen molar-refractivity contribution >= 4 is 43.7 Å². The van der Waals surface area contributed by atoms with Crippen molar-refractivity contribution in [1.82, 2.24) is 0 Å². The number of ether oxygens (including phenoxy) is 1. The molecule has 1 unspecified atom stereocenters. The fourth-order valence-electron chi connectivity index (χ4n) is 1.61. The van der Waals surface area contributed by atoms with Crippen molar-refractivity contribution in [2.45, 2.75) is 12.8 Å². The van der Waals surface area contributed by atoms with Gasteiger partial charge in [-0.05, 0) is 36.8 Å². The summed E-state index contributed by atoms with van der Waals surface area (Å²) in [4.78, 5) is 10.9. The first-order valence-corrected chi connectivity index (χ1v) is 5.72. The van der Waals surface area contributed by atoms with Gasteiger partial charge in [0.05, 0.1) is 5.92 Å². The Kier molecular flexibility index (Phi) is 8.49. The molecule has 3 N–H and O–H groups in total. The molecule has 2 rings (SSSR count). The molecule has 2 aromatic carbocycles. The first-order valence-electron chi connectivity index (χ1n) is 5.72. The predicted octanol–water partition coefficient (Wildman–Crippen LogP) is 2.46. The van der Waals surface area contributed by atoms with Crippen molar-refractivity contribution in [3.63, 3.8) is 0 Å². The fraction of sp³-hybridized carbons (Fsp3) is 0.133. The van der Waals surface area contributed by atoms with Gasteiger partial charge in [-0.1, -0.05) is 30.3 Å². The number of rotatable bonds is 4. The summed E-state index contributed by atoms with van der Waals surface area (Å²) in [5.74, 6) is 0.000567. The normalized spacial score (nSPS) is 10.7. The van der Waals surface area contributed by atoms with E-state index in [1.807, 2.05) is 36.4 Å². The second kappa shape index (κ2) is 8.97. The SMILES string of the molecule is CC(C(=O)O)c1cccc(Oc2ccccc2)c1.O.[Ca]. The second-order valence-corrected chi connectivity index (χ2v) is 4.05. The minimum absolute atomic E-state index is 0. The zero-order valence-electron chi connectivity index (χ0n) is 11.2. The number of para-hydroxylation sites is 1. The fourth-order valence-corrected chi connectivity index (χ4v) is 1.61. The molecule has 0 aromatic heterocycles. The van der Waals surface area contributed by atoms with Crippen LogP contribution in [0.5, 0.6) is 11.5 Å². The zero-order valence-corrected chi connectivity index (χ0v) is 13.5. The van der Waals surface area contributed by atoms with Crippen LogP contribution in [-0.2, 0) is 4.79 Å². The van der Waals surface area contributed by atoms with Gasteiger partial charge in [0.2, 0.25) is 0 Å². The number of carboxylic acid groups (broad SMARTS) is 1. The third-order valence-corrected chi connectivity index (χ3v) is 2.71. The standard InChI is InChI=1S/C15H14O3.Ca.H2O/c1-11(15(16)17)12-6-5-9-14(10-12)18-13-7-3-2-4-8-13;;/h2-11H,1H3,(H,16,17);;1H2. The maximum Gasteiger partial charge on any atom is 0.310 e. The quantitative estimate of drug-likeness (QED) is 0.881. The Hall–Kier alpha value is -1.07. The average molecular weight is 300 g/mol. The molecule has 0 aliphatic carbocycles. The number of carboxylic acids is 1. The van der Waals surface area contributed by atoms with E-state index in [9.17, 15) is 4.79 Å². The molecule has 0 saturated heterocycles. The van der Waals surface area contributed by atoms with Crippen molar-refractivity contribution in [1.29, 1.82) is 0 Å². The van der Waals surface area contributed by atoms with Crippen molar-refractivity contribution < 1.29 is 20.1 Å². The van der Waals surface area contributed by atoms with E-state index in [1.165, 1.54) is 0 Å². The summed E-state index contributed by atoms with van der Waals surface area (Å²) in [6.45, 7) is 1.66. The van der Waals surface area contributed by atoms with Crippen LogP contribution in [0.25, 0.3) is 0 Å². The number of hydrogen-bond donors (Lipinski definition) is 1. The van der Waals surface area contributed by atoms with Gasteiger partial charge in [0.15, 0.2) is 0 Å². The summed E-state index contributed by atoms with van der Waals surface area (Å²) in [6, 6.07) is 16.6. The summed E-state index contributed by atoms with van der Waals surface area (Å²) < 4.78 is 5.66. The van der Waals surface area contributed by atoms with Gasteiger partial charge >= 0.3 is 5.97 Å². The largest absolute Gasteiger partial charge is 0.481 e. The summed E-state index contributed by atoms with van der Waals surface area (Å²) >= 11 is 0. The number of aliphatic carboxylic acids is 1. The van der Waals surface area contributed by atoms with Crippen LogP contribution in [0, 0.1) is 0 Å². The second-order valence-electron chi connectivity index (χ2n) is 4.05. The van der Waals surface area contributed by atoms with Crippen molar-refractivity contribution in [2.24, 2.45) is 0 Å². The minimum atomic E-state index is -0.841. The molecule has 0 bridgehead atoms. The molecule has 2 radical (unpaired) electrons. The van der Waals surface area contributed by atoms with E-state index in [-0.39, 0.29) is 43.2 Å². The molecule has 0 aliphatic rings. The van der Waals surface area contributed by atoms with Gasteiger partial charge in [0.1, 0.15) is 11.5 Å². The van der Waals surface area contributed by atoms with Gasteiger partial charge in [-0.2, -0.15) is 0 Å². The van der Waals surface area contributed by atoms with Crippen LogP contribution >= 0.6 is 0 Å². The topological polar surface area (TPSA) is 78.0 Å². The molecule has 0 aliphatic heterocycles. The number of carbonyl (C=O) groups is 1. The maximum absolute atomic E-state index is 10.9. The zero-order chi connectivity index (χ0) is 13.0. The molecule has 2 aromatic rings. The first kappa shape index (κ1) is 18.9. The molecule has 0 spiro atoms. The van der Waals surface area contributed by atoms with Gasteiger partial charge in [0, 0.05) is 37.7 Å². The van der Waals surface area contributed by atoms with Crippen molar-refractivity contribution in [3.05, 3.63) is 60.2 Å². The Bertz CT molecular complexity index is 543. The van der Waals surface area contributed by atoms with E-state index in [2.05, 4.69) is 0 Å². The Labute approximate surface area is 147 Å². The van der Waals surface area contributed by atoms with Crippen LogP contribution < -0.4 is 4.74 Å². The molecule has 102 valence electrons. The minimum Gasteiger partial charge on any atom is -0.481 e. The molecule has 0 saturated carbocycles. The van der Waals surface area contributed by atoms with Gasteiger partial charge < -0.3 is 15.3 Å². The summed E-state index contributed by atoms with van der Waals surface area (Å²) in [6.07, 6.45) is 0. The number of hydrogen-bond acceptors (Lipinski definition) is 2. The van der Waals surface area contributed by atoms with Crippen LogP contribution in [0.2, 0.25) is 0 Å². The van der Waals surface area contributed by atoms with E-state index >= 15 is 0 Å². The molecule has 0 fully saturated rings. The molecule has 0 amide bonds. The third-order valence-electron chi connectivity index (χ3n) is 2.71. The maximum atomic E-state index is 10.9. The Morgan fingerprint density at radius 2 is 1.65 bits per heavy atom. The van der Waals surface area contributed by atoms with Crippen LogP contribution in [-0.4, -0.2) is 54.3 Å². The molecule has 0 heterocycles.